The highest BCUT2D eigenvalue weighted by Crippen LogP contribution is 2.52. The first-order valence-electron chi connectivity index (χ1n) is 11.9. The van der Waals surface area contributed by atoms with Crippen molar-refractivity contribution < 1.29 is 49.4 Å². The maximum Gasteiger partial charge on any atom is 0.198 e. The van der Waals surface area contributed by atoms with Gasteiger partial charge in [0.25, 0.3) is 0 Å². The van der Waals surface area contributed by atoms with Crippen molar-refractivity contribution in [3.8, 4) is 11.5 Å². The van der Waals surface area contributed by atoms with Gasteiger partial charge in [0.2, 0.25) is 0 Å². The minimum Gasteiger partial charge on any atom is -0.507 e. The van der Waals surface area contributed by atoms with Crippen LogP contribution in [0.15, 0.2) is 24.3 Å². The zero-order valence-corrected chi connectivity index (χ0v) is 19.9. The lowest BCUT2D eigenvalue weighted by Crippen LogP contribution is -2.53. The van der Waals surface area contributed by atoms with Gasteiger partial charge >= 0.3 is 0 Å². The average molecular weight is 513 g/mol. The minimum atomic E-state index is -2.22. The molecule has 5 rings (SSSR count). The van der Waals surface area contributed by atoms with Crippen LogP contribution in [0, 0.1) is 0 Å². The highest BCUT2D eigenvalue weighted by atomic mass is 16.7. The van der Waals surface area contributed by atoms with E-state index < -0.39 is 95.7 Å². The molecule has 3 aliphatic rings. The Kier molecular flexibility index (Phi) is 6.18. The van der Waals surface area contributed by atoms with E-state index in [-0.39, 0.29) is 28.7 Å². The van der Waals surface area contributed by atoms with Gasteiger partial charge in [0.05, 0.1) is 29.4 Å². The second kappa shape index (κ2) is 8.98. The number of aromatic hydroxyl groups is 2. The van der Waals surface area contributed by atoms with Gasteiger partial charge in [-0.15, -0.1) is 0 Å². The molecule has 0 unspecified atom stereocenters. The summed E-state index contributed by atoms with van der Waals surface area (Å²) in [6.07, 6.45) is -4.97. The zero-order chi connectivity index (χ0) is 26.8. The summed E-state index contributed by atoms with van der Waals surface area (Å²) in [5.74, 6) is -3.63. The van der Waals surface area contributed by atoms with E-state index in [4.69, 9.17) is 15.2 Å². The number of nitrogens with two attached hydrogens (primary N) is 1. The Bertz CT molecular complexity index is 1310. The molecule has 37 heavy (non-hydrogen) atoms. The van der Waals surface area contributed by atoms with Gasteiger partial charge in [-0.3, -0.25) is 14.4 Å². The van der Waals surface area contributed by atoms with Gasteiger partial charge in [0.1, 0.15) is 23.7 Å². The smallest absolute Gasteiger partial charge is 0.198 e. The topological polar surface area (TPSA) is 197 Å². The van der Waals surface area contributed by atoms with Crippen LogP contribution < -0.4 is 5.73 Å². The van der Waals surface area contributed by atoms with Crippen LogP contribution in [-0.4, -0.2) is 79.6 Å². The summed E-state index contributed by atoms with van der Waals surface area (Å²) in [5.41, 5.74) is 2.78. The molecule has 11 nitrogen and oxygen atoms in total. The lowest BCUT2D eigenvalue weighted by Gasteiger charge is -2.42. The van der Waals surface area contributed by atoms with Gasteiger partial charge in [-0.2, -0.15) is 0 Å². The number of carbonyl (C=O) groups is 3. The molecule has 0 saturated carbocycles. The Morgan fingerprint density at radius 2 is 1.73 bits per heavy atom. The van der Waals surface area contributed by atoms with Gasteiger partial charge in [-0.05, 0) is 6.92 Å². The number of phenolic OH excluding ortho intramolecular Hbond substituents is 2. The summed E-state index contributed by atoms with van der Waals surface area (Å²) in [6, 6.07) is 5.27. The lowest BCUT2D eigenvalue weighted by atomic mass is 9.72. The number of hydrogen-bond acceptors (Lipinski definition) is 11. The van der Waals surface area contributed by atoms with E-state index in [1.54, 1.807) is 19.1 Å². The number of carbonyl (C=O) groups excluding carboxylic acids is 3. The van der Waals surface area contributed by atoms with Crippen LogP contribution in [0.4, 0.5) is 0 Å². The molecule has 6 atom stereocenters. The molecule has 2 aliphatic carbocycles. The first-order chi connectivity index (χ1) is 17.5. The monoisotopic (exact) mass is 513 g/mol. The summed E-state index contributed by atoms with van der Waals surface area (Å²) >= 11 is 0. The first-order valence-corrected chi connectivity index (χ1v) is 11.9. The molecule has 0 aromatic heterocycles. The van der Waals surface area contributed by atoms with Crippen LogP contribution in [0.25, 0.3) is 0 Å². The Balaban J connectivity index is 1.67. The van der Waals surface area contributed by atoms with Gasteiger partial charge < -0.3 is 40.7 Å². The molecule has 0 bridgehead atoms. The second-order valence-corrected chi connectivity index (χ2v) is 9.82. The third kappa shape index (κ3) is 3.86. The van der Waals surface area contributed by atoms with Crippen molar-refractivity contribution in [2.75, 3.05) is 6.61 Å². The van der Waals surface area contributed by atoms with E-state index >= 15 is 0 Å². The number of fused-ring (bicyclic) bond motifs is 3. The molecule has 0 radical (unpaired) electrons. The maximum atomic E-state index is 13.3. The summed E-state index contributed by atoms with van der Waals surface area (Å²) < 4.78 is 11.7. The predicted octanol–water partition coefficient (Wildman–Crippen LogP) is -0.00730. The van der Waals surface area contributed by atoms with Crippen LogP contribution in [0.1, 0.15) is 68.8 Å². The fraction of sp³-hybridized carbons (Fsp3) is 0.423. The summed E-state index contributed by atoms with van der Waals surface area (Å²) in [7, 11) is 0. The Morgan fingerprint density at radius 1 is 1.14 bits per heavy atom. The summed E-state index contributed by atoms with van der Waals surface area (Å²) in [5, 5.41) is 53.4. The number of benzene rings is 2. The standard InChI is InChI=1S/C26H27NO10/c1-10-21(30)14(27)6-17(36-10)37-15-8-26(35,16(29)9-28)7-13-18(15)25(34)20-19(24(13)33)22(31)11-4-2-3-5-12(11)23(20)32/h2-5,10,14-15,17,21,28,30,33-35H,6-9,27H2,1H3/t10-,14-,15-,17-,21+,26-/m0/s1. The molecule has 0 spiro atoms. The second-order valence-electron chi connectivity index (χ2n) is 9.82. The van der Waals surface area contributed by atoms with E-state index in [1.807, 2.05) is 0 Å². The Hall–Kier alpha value is -3.19. The van der Waals surface area contributed by atoms with E-state index in [0.29, 0.717) is 0 Å². The molecule has 2 aromatic rings. The van der Waals surface area contributed by atoms with E-state index in [9.17, 15) is 39.9 Å². The first kappa shape index (κ1) is 25.5. The van der Waals surface area contributed by atoms with Gasteiger partial charge in [0, 0.05) is 47.6 Å². The third-order valence-electron chi connectivity index (χ3n) is 7.50. The van der Waals surface area contributed by atoms with Gasteiger partial charge in [-0.1, -0.05) is 24.3 Å². The van der Waals surface area contributed by atoms with Crippen molar-refractivity contribution >= 4 is 17.3 Å². The van der Waals surface area contributed by atoms with Crippen molar-refractivity contribution in [3.05, 3.63) is 57.6 Å². The molecular weight excluding hydrogens is 486 g/mol. The average Bonchev–Trinajstić information content (AvgIpc) is 2.87. The molecule has 7 N–H and O–H groups in total. The van der Waals surface area contributed by atoms with Crippen molar-refractivity contribution in [2.45, 2.75) is 62.4 Å². The molecule has 2 aromatic carbocycles. The summed E-state index contributed by atoms with van der Waals surface area (Å²) in [6.45, 7) is 0.580. The third-order valence-corrected chi connectivity index (χ3v) is 7.50. The number of phenols is 2. The van der Waals surface area contributed by atoms with Crippen molar-refractivity contribution in [2.24, 2.45) is 5.73 Å². The van der Waals surface area contributed by atoms with E-state index in [1.165, 1.54) is 12.1 Å². The molecule has 0 amide bonds. The van der Waals surface area contributed by atoms with Crippen LogP contribution in [0.5, 0.6) is 11.5 Å². The fourth-order valence-corrected chi connectivity index (χ4v) is 5.51. The van der Waals surface area contributed by atoms with Crippen molar-refractivity contribution in [1.29, 1.82) is 0 Å². The molecule has 11 heteroatoms. The number of Topliss-reactive ketones (excluding diaryl/α,β-unsaturated/α-hetero) is 1. The number of rotatable bonds is 4. The van der Waals surface area contributed by atoms with Crippen molar-refractivity contribution in [3.63, 3.8) is 0 Å². The number of aliphatic hydroxyl groups excluding tert-OH is 2. The minimum absolute atomic E-state index is 0.0339. The normalized spacial score (nSPS) is 30.9. The van der Waals surface area contributed by atoms with Crippen LogP contribution >= 0.6 is 0 Å². The van der Waals surface area contributed by atoms with Crippen LogP contribution in [-0.2, 0) is 20.7 Å². The number of hydrogen-bond donors (Lipinski definition) is 6. The Labute approximate surface area is 211 Å². The fourth-order valence-electron chi connectivity index (χ4n) is 5.51. The predicted molar refractivity (Wildman–Crippen MR) is 125 cm³/mol. The van der Waals surface area contributed by atoms with E-state index in [2.05, 4.69) is 0 Å². The number of ether oxygens (including phenoxy) is 2. The van der Waals surface area contributed by atoms with Crippen molar-refractivity contribution in [1.82, 2.24) is 0 Å². The zero-order valence-electron chi connectivity index (χ0n) is 19.9. The van der Waals surface area contributed by atoms with Gasteiger partial charge in [0.15, 0.2) is 23.6 Å². The van der Waals surface area contributed by atoms with Gasteiger partial charge in [-0.25, -0.2) is 0 Å². The highest BCUT2D eigenvalue weighted by molar-refractivity contribution is 6.30. The SMILES string of the molecule is C[C@@H]1O[C@@H](O[C@H]2C[C@](O)(C(=O)CO)Cc3c(O)c4c(c(O)c32)C(=O)c2ccccc2C4=O)C[C@H](N)[C@@H]1O. The number of ketones is 3. The van der Waals surface area contributed by atoms with Crippen LogP contribution in [0.2, 0.25) is 0 Å². The molecule has 1 saturated heterocycles. The van der Waals surface area contributed by atoms with Crippen LogP contribution in [0.3, 0.4) is 0 Å². The molecule has 1 fully saturated rings. The Morgan fingerprint density at radius 3 is 2.30 bits per heavy atom. The molecule has 1 aliphatic heterocycles. The molecule has 1 heterocycles. The molecular formula is C26H27NO10. The highest BCUT2D eigenvalue weighted by Gasteiger charge is 2.49. The quantitative estimate of drug-likeness (QED) is 0.257. The maximum absolute atomic E-state index is 13.3. The lowest BCUT2D eigenvalue weighted by molar-refractivity contribution is -0.247. The summed E-state index contributed by atoms with van der Waals surface area (Å²) in [4.78, 5) is 39.2. The van der Waals surface area contributed by atoms with E-state index in [0.717, 1.165) is 0 Å². The number of aliphatic hydroxyl groups is 3. The molecule has 196 valence electrons. The largest absolute Gasteiger partial charge is 0.507 e.